The van der Waals surface area contributed by atoms with Gasteiger partial charge >= 0.3 is 0 Å². The van der Waals surface area contributed by atoms with E-state index in [1.54, 1.807) is 0 Å². The van der Waals surface area contributed by atoms with E-state index >= 15 is 0 Å². The summed E-state index contributed by atoms with van der Waals surface area (Å²) in [5, 5.41) is 0. The highest BCUT2D eigenvalue weighted by atomic mass is 16.1. The fourth-order valence-electron chi connectivity index (χ4n) is 2.42. The van der Waals surface area contributed by atoms with Gasteiger partial charge in [0.2, 0.25) is 5.91 Å². The third kappa shape index (κ3) is 2.04. The second-order valence-electron chi connectivity index (χ2n) is 4.42. The Morgan fingerprint density at radius 1 is 1.33 bits per heavy atom. The van der Waals surface area contributed by atoms with Gasteiger partial charge in [0.25, 0.3) is 0 Å². The molecular weight excluding hydrogens is 186 g/mol. The van der Waals surface area contributed by atoms with Crippen molar-refractivity contribution in [2.24, 2.45) is 5.73 Å². The van der Waals surface area contributed by atoms with Gasteiger partial charge < -0.3 is 5.73 Å². The Bertz CT molecular complexity index is 378. The molecule has 1 amide bonds. The van der Waals surface area contributed by atoms with Gasteiger partial charge in [-0.2, -0.15) is 0 Å². The Hall–Kier alpha value is -1.31. The van der Waals surface area contributed by atoms with E-state index in [-0.39, 0.29) is 5.91 Å². The molecule has 0 aromatic heterocycles. The maximum absolute atomic E-state index is 11.2. The number of amides is 1. The summed E-state index contributed by atoms with van der Waals surface area (Å²) in [6.45, 7) is 1.93. The Balaban J connectivity index is 2.33. The quantitative estimate of drug-likeness (QED) is 0.789. The number of primary amides is 1. The molecule has 2 N–H and O–H groups in total. The fraction of sp³-hybridized carbons (Fsp3) is 0.462. The van der Waals surface area contributed by atoms with Crippen molar-refractivity contribution in [1.29, 1.82) is 0 Å². The molecular formula is C13H17NO. The SMILES string of the molecule is Cc1ccc(C2CCCC2)cc1C(N)=O. The minimum absolute atomic E-state index is 0.313. The first-order valence-electron chi connectivity index (χ1n) is 5.59. The molecule has 0 heterocycles. The van der Waals surface area contributed by atoms with Crippen LogP contribution in [0.2, 0.25) is 0 Å². The fourth-order valence-corrected chi connectivity index (χ4v) is 2.42. The number of nitrogens with two attached hydrogens (primary N) is 1. The summed E-state index contributed by atoms with van der Waals surface area (Å²) < 4.78 is 0. The van der Waals surface area contributed by atoms with Gasteiger partial charge in [-0.15, -0.1) is 0 Å². The van der Waals surface area contributed by atoms with E-state index in [0.717, 1.165) is 5.56 Å². The van der Waals surface area contributed by atoms with Crippen molar-refractivity contribution in [3.63, 3.8) is 0 Å². The maximum atomic E-state index is 11.2. The smallest absolute Gasteiger partial charge is 0.248 e. The van der Waals surface area contributed by atoms with Gasteiger partial charge in [0, 0.05) is 5.56 Å². The first kappa shape index (κ1) is 10.2. The molecule has 1 fully saturated rings. The molecule has 1 saturated carbocycles. The van der Waals surface area contributed by atoms with E-state index in [1.807, 2.05) is 19.1 Å². The molecule has 80 valence electrons. The van der Waals surface area contributed by atoms with Gasteiger partial charge in [-0.1, -0.05) is 25.0 Å². The van der Waals surface area contributed by atoms with Gasteiger partial charge in [-0.3, -0.25) is 4.79 Å². The first-order valence-corrected chi connectivity index (χ1v) is 5.59. The Morgan fingerprint density at radius 3 is 2.60 bits per heavy atom. The monoisotopic (exact) mass is 203 g/mol. The van der Waals surface area contributed by atoms with Crippen molar-refractivity contribution in [1.82, 2.24) is 0 Å². The zero-order valence-corrected chi connectivity index (χ0v) is 9.12. The van der Waals surface area contributed by atoms with Crippen LogP contribution in [0.1, 0.15) is 53.1 Å². The van der Waals surface area contributed by atoms with Gasteiger partial charge in [0.1, 0.15) is 0 Å². The van der Waals surface area contributed by atoms with Crippen LogP contribution in [-0.4, -0.2) is 5.91 Å². The van der Waals surface area contributed by atoms with E-state index in [9.17, 15) is 4.79 Å². The third-order valence-corrected chi connectivity index (χ3v) is 3.35. The molecule has 2 nitrogen and oxygen atoms in total. The van der Waals surface area contributed by atoms with Crippen molar-refractivity contribution >= 4 is 5.91 Å². The van der Waals surface area contributed by atoms with Crippen LogP contribution in [0.5, 0.6) is 0 Å². The number of aryl methyl sites for hydroxylation is 1. The highest BCUT2D eigenvalue weighted by Crippen LogP contribution is 2.34. The molecule has 2 rings (SSSR count). The lowest BCUT2D eigenvalue weighted by molar-refractivity contribution is 0.0999. The van der Waals surface area contributed by atoms with Crippen LogP contribution in [0.15, 0.2) is 18.2 Å². The van der Waals surface area contributed by atoms with E-state index in [0.29, 0.717) is 11.5 Å². The number of hydrogen-bond donors (Lipinski definition) is 1. The van der Waals surface area contributed by atoms with Gasteiger partial charge in [-0.25, -0.2) is 0 Å². The Labute approximate surface area is 90.5 Å². The zero-order valence-electron chi connectivity index (χ0n) is 9.12. The van der Waals surface area contributed by atoms with E-state index in [1.165, 1.54) is 31.2 Å². The van der Waals surface area contributed by atoms with Crippen LogP contribution < -0.4 is 5.73 Å². The molecule has 0 spiro atoms. The van der Waals surface area contributed by atoms with Crippen LogP contribution in [0.4, 0.5) is 0 Å². The predicted octanol–water partition coefficient (Wildman–Crippen LogP) is 2.75. The molecule has 0 saturated heterocycles. The number of hydrogen-bond acceptors (Lipinski definition) is 1. The zero-order chi connectivity index (χ0) is 10.8. The highest BCUT2D eigenvalue weighted by molar-refractivity contribution is 5.94. The molecule has 0 bridgehead atoms. The molecule has 1 aliphatic rings. The van der Waals surface area contributed by atoms with E-state index in [4.69, 9.17) is 5.73 Å². The molecule has 15 heavy (non-hydrogen) atoms. The molecule has 1 aliphatic carbocycles. The van der Waals surface area contributed by atoms with Gasteiger partial charge in [0.15, 0.2) is 0 Å². The summed E-state index contributed by atoms with van der Waals surface area (Å²) in [5.74, 6) is 0.330. The predicted molar refractivity (Wildman–Crippen MR) is 60.9 cm³/mol. The van der Waals surface area contributed by atoms with E-state index < -0.39 is 0 Å². The molecule has 0 atom stereocenters. The second-order valence-corrected chi connectivity index (χ2v) is 4.42. The molecule has 0 unspecified atom stereocenters. The van der Waals surface area contributed by atoms with Crippen molar-refractivity contribution in [2.75, 3.05) is 0 Å². The highest BCUT2D eigenvalue weighted by Gasteiger charge is 2.18. The Kier molecular flexibility index (Phi) is 2.76. The van der Waals surface area contributed by atoms with Gasteiger partial charge in [-0.05, 0) is 42.9 Å². The standard InChI is InChI=1S/C13H17NO/c1-9-6-7-11(8-12(9)13(14)15)10-4-2-3-5-10/h6-8,10H,2-5H2,1H3,(H2,14,15). The summed E-state index contributed by atoms with van der Waals surface area (Å²) in [4.78, 5) is 11.2. The average molecular weight is 203 g/mol. The van der Waals surface area contributed by atoms with Crippen LogP contribution in [0.3, 0.4) is 0 Å². The van der Waals surface area contributed by atoms with Crippen molar-refractivity contribution in [3.8, 4) is 0 Å². The molecule has 1 aromatic carbocycles. The summed E-state index contributed by atoms with van der Waals surface area (Å²) in [7, 11) is 0. The molecule has 2 heteroatoms. The van der Waals surface area contributed by atoms with Crippen molar-refractivity contribution in [3.05, 3.63) is 34.9 Å². The number of carbonyl (C=O) groups is 1. The largest absolute Gasteiger partial charge is 0.366 e. The molecule has 1 aromatic rings. The minimum atomic E-state index is -0.313. The van der Waals surface area contributed by atoms with E-state index in [2.05, 4.69) is 6.07 Å². The summed E-state index contributed by atoms with van der Waals surface area (Å²) >= 11 is 0. The topological polar surface area (TPSA) is 43.1 Å². The summed E-state index contributed by atoms with van der Waals surface area (Å²) in [5.41, 5.74) is 8.28. The molecule has 0 radical (unpaired) electrons. The van der Waals surface area contributed by atoms with Gasteiger partial charge in [0.05, 0.1) is 0 Å². The van der Waals surface area contributed by atoms with Crippen molar-refractivity contribution in [2.45, 2.75) is 38.5 Å². The lowest BCUT2D eigenvalue weighted by Gasteiger charge is -2.11. The van der Waals surface area contributed by atoms with Crippen LogP contribution >= 0.6 is 0 Å². The number of carbonyl (C=O) groups excluding carboxylic acids is 1. The molecule has 0 aliphatic heterocycles. The lowest BCUT2D eigenvalue weighted by atomic mass is 9.94. The average Bonchev–Trinajstić information content (AvgIpc) is 2.71. The minimum Gasteiger partial charge on any atom is -0.366 e. The maximum Gasteiger partial charge on any atom is 0.248 e. The summed E-state index contributed by atoms with van der Waals surface area (Å²) in [6, 6.07) is 6.12. The van der Waals surface area contributed by atoms with Crippen LogP contribution in [0.25, 0.3) is 0 Å². The summed E-state index contributed by atoms with van der Waals surface area (Å²) in [6.07, 6.45) is 5.12. The number of benzene rings is 1. The van der Waals surface area contributed by atoms with Crippen molar-refractivity contribution < 1.29 is 4.79 Å². The third-order valence-electron chi connectivity index (χ3n) is 3.35. The van der Waals surface area contributed by atoms with Crippen LogP contribution in [0, 0.1) is 6.92 Å². The first-order chi connectivity index (χ1) is 7.18. The second kappa shape index (κ2) is 4.05. The normalized spacial score (nSPS) is 16.9. The number of rotatable bonds is 2. The van der Waals surface area contributed by atoms with Crippen LogP contribution in [-0.2, 0) is 0 Å². The Morgan fingerprint density at radius 2 is 2.00 bits per heavy atom. The lowest BCUT2D eigenvalue weighted by Crippen LogP contribution is -2.13.